The van der Waals surface area contributed by atoms with Crippen molar-refractivity contribution in [1.29, 1.82) is 0 Å². The molecule has 1 aromatic heterocycles. The van der Waals surface area contributed by atoms with E-state index < -0.39 is 0 Å². The maximum absolute atomic E-state index is 11.9. The number of hydrogen-bond acceptors (Lipinski definition) is 3. The maximum Gasteiger partial charge on any atom is 0.228 e. The van der Waals surface area contributed by atoms with Crippen molar-refractivity contribution < 1.29 is 4.79 Å². The molecule has 0 saturated heterocycles. The third kappa shape index (κ3) is 3.69. The minimum absolute atomic E-state index is 0.100. The summed E-state index contributed by atoms with van der Waals surface area (Å²) in [7, 11) is 0. The van der Waals surface area contributed by atoms with Crippen molar-refractivity contribution in [2.24, 2.45) is 0 Å². The topological polar surface area (TPSA) is 68.0 Å². The Kier molecular flexibility index (Phi) is 4.02. The van der Waals surface area contributed by atoms with Gasteiger partial charge in [0.15, 0.2) is 0 Å². The lowest BCUT2D eigenvalue weighted by molar-refractivity contribution is -0.115. The van der Waals surface area contributed by atoms with E-state index >= 15 is 0 Å². The number of carbonyl (C=O) groups excluding carboxylic acids is 1. The van der Waals surface area contributed by atoms with Gasteiger partial charge in [0.2, 0.25) is 5.91 Å². The highest BCUT2D eigenvalue weighted by molar-refractivity contribution is 6.29. The van der Waals surface area contributed by atoms with Crippen LogP contribution < -0.4 is 11.1 Å². The van der Waals surface area contributed by atoms with Crippen LogP contribution in [0.4, 0.5) is 11.4 Å². The molecule has 0 bridgehead atoms. The molecule has 0 spiro atoms. The van der Waals surface area contributed by atoms with Gasteiger partial charge in [0.1, 0.15) is 5.15 Å². The second-order valence-electron chi connectivity index (χ2n) is 4.23. The van der Waals surface area contributed by atoms with Crippen molar-refractivity contribution >= 4 is 28.9 Å². The first-order chi connectivity index (χ1) is 9.04. The quantitative estimate of drug-likeness (QED) is 0.668. The number of nitrogens with one attached hydrogen (secondary N) is 1. The van der Waals surface area contributed by atoms with Crippen molar-refractivity contribution in [3.63, 3.8) is 0 Å². The van der Waals surface area contributed by atoms with Crippen LogP contribution >= 0.6 is 11.6 Å². The van der Waals surface area contributed by atoms with Gasteiger partial charge < -0.3 is 11.1 Å². The van der Waals surface area contributed by atoms with E-state index in [2.05, 4.69) is 10.3 Å². The molecule has 0 radical (unpaired) electrons. The monoisotopic (exact) mass is 275 g/mol. The Morgan fingerprint density at radius 2 is 1.95 bits per heavy atom. The molecule has 98 valence electrons. The zero-order valence-corrected chi connectivity index (χ0v) is 11.2. The molecule has 0 fully saturated rings. The Balaban J connectivity index is 2.03. The summed E-state index contributed by atoms with van der Waals surface area (Å²) in [5.41, 5.74) is 8.55. The fraction of sp³-hybridized carbons (Fsp3) is 0.143. The summed E-state index contributed by atoms with van der Waals surface area (Å²) in [6.07, 6.45) is 0.294. The van der Waals surface area contributed by atoms with E-state index in [4.69, 9.17) is 17.3 Å². The van der Waals surface area contributed by atoms with Crippen LogP contribution in [0.3, 0.4) is 0 Å². The van der Waals surface area contributed by atoms with Gasteiger partial charge in [0.05, 0.1) is 17.8 Å². The average molecular weight is 276 g/mol. The van der Waals surface area contributed by atoms with Gasteiger partial charge in [-0.15, -0.1) is 0 Å². The fourth-order valence-corrected chi connectivity index (χ4v) is 1.87. The first kappa shape index (κ1) is 13.4. The minimum atomic E-state index is -0.100. The average Bonchev–Trinajstić information content (AvgIpc) is 2.36. The molecule has 1 amide bonds. The number of rotatable bonds is 3. The molecule has 1 heterocycles. The molecule has 19 heavy (non-hydrogen) atoms. The van der Waals surface area contributed by atoms with Crippen LogP contribution in [0.1, 0.15) is 11.3 Å². The highest BCUT2D eigenvalue weighted by Gasteiger charge is 2.07. The molecule has 3 N–H and O–H groups in total. The lowest BCUT2D eigenvalue weighted by atomic mass is 10.1. The van der Waals surface area contributed by atoms with E-state index in [-0.39, 0.29) is 5.91 Å². The normalized spacial score (nSPS) is 10.2. The highest BCUT2D eigenvalue weighted by Crippen LogP contribution is 2.16. The summed E-state index contributed by atoms with van der Waals surface area (Å²) >= 11 is 5.76. The number of pyridine rings is 1. The summed E-state index contributed by atoms with van der Waals surface area (Å²) in [5, 5.41) is 3.22. The third-order valence-corrected chi connectivity index (χ3v) is 2.88. The van der Waals surface area contributed by atoms with Crippen molar-refractivity contribution in [1.82, 2.24) is 4.98 Å². The number of benzene rings is 1. The van der Waals surface area contributed by atoms with Crippen molar-refractivity contribution in [2.75, 3.05) is 11.1 Å². The number of carbonyl (C=O) groups is 1. The Hall–Kier alpha value is -2.07. The van der Waals surface area contributed by atoms with Gasteiger partial charge in [-0.05, 0) is 36.8 Å². The smallest absolute Gasteiger partial charge is 0.228 e. The van der Waals surface area contributed by atoms with Gasteiger partial charge in [-0.2, -0.15) is 0 Å². The number of halogens is 1. The van der Waals surface area contributed by atoms with Gasteiger partial charge in [0, 0.05) is 5.69 Å². The van der Waals surface area contributed by atoms with Crippen LogP contribution in [-0.4, -0.2) is 10.9 Å². The van der Waals surface area contributed by atoms with Gasteiger partial charge in [-0.1, -0.05) is 23.7 Å². The fourth-order valence-electron chi connectivity index (χ4n) is 1.68. The van der Waals surface area contributed by atoms with Crippen LogP contribution in [0, 0.1) is 6.92 Å². The van der Waals surface area contributed by atoms with E-state index in [1.165, 1.54) is 0 Å². The van der Waals surface area contributed by atoms with Crippen molar-refractivity contribution in [3.05, 3.63) is 52.8 Å². The summed E-state index contributed by atoms with van der Waals surface area (Å²) < 4.78 is 0. The van der Waals surface area contributed by atoms with Crippen LogP contribution in [0.2, 0.25) is 5.15 Å². The molecule has 0 atom stereocenters. The number of nitrogens with two attached hydrogens (primary N) is 1. The van der Waals surface area contributed by atoms with Crippen LogP contribution in [-0.2, 0) is 11.2 Å². The predicted octanol–water partition coefficient (Wildman–Crippen LogP) is 2.81. The molecule has 5 heteroatoms. The predicted molar refractivity (Wildman–Crippen MR) is 77.2 cm³/mol. The van der Waals surface area contributed by atoms with Crippen LogP contribution in [0.5, 0.6) is 0 Å². The summed E-state index contributed by atoms with van der Waals surface area (Å²) in [5.74, 6) is -0.100. The molecule has 4 nitrogen and oxygen atoms in total. The number of aryl methyl sites for hydroxylation is 1. The van der Waals surface area contributed by atoms with E-state index in [1.54, 1.807) is 31.2 Å². The molecule has 0 aliphatic rings. The minimum Gasteiger partial charge on any atom is -0.399 e. The molecule has 0 saturated carbocycles. The second kappa shape index (κ2) is 5.71. The van der Waals surface area contributed by atoms with Gasteiger partial charge in [-0.3, -0.25) is 4.79 Å². The Morgan fingerprint density at radius 1 is 1.26 bits per heavy atom. The molecular weight excluding hydrogens is 262 g/mol. The van der Waals surface area contributed by atoms with E-state index in [1.807, 2.05) is 12.1 Å². The molecule has 0 unspecified atom stereocenters. The molecular formula is C14H14ClN3O. The molecule has 0 aliphatic heterocycles. The number of nitrogen functional groups attached to an aromatic ring is 1. The molecule has 0 aliphatic carbocycles. The SMILES string of the molecule is Cc1nc(Cl)ccc1NC(=O)Cc1ccc(N)cc1. The summed E-state index contributed by atoms with van der Waals surface area (Å²) in [6, 6.07) is 10.6. The highest BCUT2D eigenvalue weighted by atomic mass is 35.5. The molecule has 1 aromatic carbocycles. The maximum atomic E-state index is 11.9. The summed E-state index contributed by atoms with van der Waals surface area (Å²) in [6.45, 7) is 1.80. The van der Waals surface area contributed by atoms with Gasteiger partial charge >= 0.3 is 0 Å². The lowest BCUT2D eigenvalue weighted by Crippen LogP contribution is -2.15. The molecule has 2 aromatic rings. The number of nitrogens with zero attached hydrogens (tertiary/aromatic N) is 1. The van der Waals surface area contributed by atoms with Gasteiger partial charge in [-0.25, -0.2) is 4.98 Å². The van der Waals surface area contributed by atoms with E-state index in [0.717, 1.165) is 5.56 Å². The number of aromatic nitrogens is 1. The van der Waals surface area contributed by atoms with E-state index in [9.17, 15) is 4.79 Å². The molecule has 2 rings (SSSR count). The lowest BCUT2D eigenvalue weighted by Gasteiger charge is -2.08. The van der Waals surface area contributed by atoms with Gasteiger partial charge in [0.25, 0.3) is 0 Å². The van der Waals surface area contributed by atoms with Crippen molar-refractivity contribution in [3.8, 4) is 0 Å². The zero-order chi connectivity index (χ0) is 13.8. The van der Waals surface area contributed by atoms with E-state index in [0.29, 0.717) is 28.6 Å². The number of amides is 1. The third-order valence-electron chi connectivity index (χ3n) is 2.67. The summed E-state index contributed by atoms with van der Waals surface area (Å²) in [4.78, 5) is 16.0. The van der Waals surface area contributed by atoms with Crippen LogP contribution in [0.25, 0.3) is 0 Å². The van der Waals surface area contributed by atoms with Crippen LogP contribution in [0.15, 0.2) is 36.4 Å². The standard InChI is InChI=1S/C14H14ClN3O/c1-9-12(6-7-13(15)17-9)18-14(19)8-10-2-4-11(16)5-3-10/h2-7H,8,16H2,1H3,(H,18,19). The Morgan fingerprint density at radius 3 is 2.58 bits per heavy atom. The Labute approximate surface area is 116 Å². The first-order valence-corrected chi connectivity index (χ1v) is 6.20. The van der Waals surface area contributed by atoms with Crippen molar-refractivity contribution in [2.45, 2.75) is 13.3 Å². The number of anilines is 2. The first-order valence-electron chi connectivity index (χ1n) is 5.82. The number of hydrogen-bond donors (Lipinski definition) is 2. The zero-order valence-electron chi connectivity index (χ0n) is 10.5. The second-order valence-corrected chi connectivity index (χ2v) is 4.62. The Bertz CT molecular complexity index is 596. The largest absolute Gasteiger partial charge is 0.399 e.